The summed E-state index contributed by atoms with van der Waals surface area (Å²) in [7, 11) is 3.18. The van der Waals surface area contributed by atoms with Crippen LogP contribution in [0.3, 0.4) is 0 Å². The van der Waals surface area contributed by atoms with Gasteiger partial charge in [-0.3, -0.25) is 15.0 Å². The molecule has 7 nitrogen and oxygen atoms in total. The Labute approximate surface area is 185 Å². The zero-order chi connectivity index (χ0) is 21.8. The summed E-state index contributed by atoms with van der Waals surface area (Å²) in [5.74, 6) is 1.15. The van der Waals surface area contributed by atoms with Crippen LogP contribution >= 0.6 is 15.9 Å². The normalized spacial score (nSPS) is 10.4. The molecular formula is C22H28BrN3O4. The Hall–Kier alpha value is -2.58. The predicted octanol–water partition coefficient (Wildman–Crippen LogP) is 3.58. The van der Waals surface area contributed by atoms with E-state index >= 15 is 0 Å². The molecule has 0 unspecified atom stereocenters. The van der Waals surface area contributed by atoms with Crippen LogP contribution in [-0.2, 0) is 11.3 Å². The van der Waals surface area contributed by atoms with E-state index < -0.39 is 0 Å². The lowest BCUT2D eigenvalue weighted by atomic mass is 10.1. The van der Waals surface area contributed by atoms with Gasteiger partial charge in [-0.05, 0) is 58.6 Å². The summed E-state index contributed by atoms with van der Waals surface area (Å²) in [5, 5.41) is 2.90. The summed E-state index contributed by atoms with van der Waals surface area (Å²) in [6, 6.07) is 12.9. The number of hydrogen-bond donors (Lipinski definition) is 3. The second kappa shape index (κ2) is 12.9. The lowest BCUT2D eigenvalue weighted by Crippen LogP contribution is -2.36. The molecule has 0 bridgehead atoms. The van der Waals surface area contributed by atoms with Crippen molar-refractivity contribution in [2.24, 2.45) is 0 Å². The molecular weight excluding hydrogens is 450 g/mol. The van der Waals surface area contributed by atoms with Crippen LogP contribution in [0, 0.1) is 0 Å². The first-order valence-corrected chi connectivity index (χ1v) is 10.6. The lowest BCUT2D eigenvalue weighted by Gasteiger charge is -2.11. The number of nitrogens with one attached hydrogen (secondary N) is 3. The predicted molar refractivity (Wildman–Crippen MR) is 119 cm³/mol. The second-order valence-electron chi connectivity index (χ2n) is 6.64. The average Bonchev–Trinajstić information content (AvgIpc) is 2.76. The minimum absolute atomic E-state index is 0.0623. The van der Waals surface area contributed by atoms with Gasteiger partial charge in [0.2, 0.25) is 5.91 Å². The second-order valence-corrected chi connectivity index (χ2v) is 7.49. The fourth-order valence-electron chi connectivity index (χ4n) is 2.83. The summed E-state index contributed by atoms with van der Waals surface area (Å²) in [5.41, 5.74) is 7.21. The molecule has 0 aliphatic carbocycles. The number of methoxy groups -OCH3 is 2. The third-order valence-corrected chi connectivity index (χ3v) is 5.14. The van der Waals surface area contributed by atoms with Gasteiger partial charge in [0.1, 0.15) is 0 Å². The van der Waals surface area contributed by atoms with Crippen molar-refractivity contribution in [1.29, 1.82) is 0 Å². The molecule has 2 aromatic carbocycles. The van der Waals surface area contributed by atoms with Gasteiger partial charge >= 0.3 is 0 Å². The molecule has 2 rings (SSSR count). The Morgan fingerprint density at radius 1 is 0.967 bits per heavy atom. The largest absolute Gasteiger partial charge is 0.493 e. The standard InChI is InChI=1S/C22H28BrN3O4/c1-29-19-12-11-16(14-20(19)30-2)15-25-26-21(27)10-4-3-7-13-24-22(28)17-8-5-6-9-18(17)23/h5-6,8-9,11-12,14,25H,3-4,7,10,13,15H2,1-2H3,(H,24,28)(H,26,27). The first kappa shape index (κ1) is 23.7. The van der Waals surface area contributed by atoms with Crippen LogP contribution in [0.5, 0.6) is 11.5 Å². The smallest absolute Gasteiger partial charge is 0.252 e. The molecule has 2 amide bonds. The maximum absolute atomic E-state index is 12.1. The highest BCUT2D eigenvalue weighted by Crippen LogP contribution is 2.27. The van der Waals surface area contributed by atoms with Crippen LogP contribution in [0.15, 0.2) is 46.9 Å². The molecule has 0 spiro atoms. The van der Waals surface area contributed by atoms with Crippen molar-refractivity contribution >= 4 is 27.7 Å². The molecule has 0 aliphatic heterocycles. The van der Waals surface area contributed by atoms with E-state index in [2.05, 4.69) is 32.1 Å². The fraction of sp³-hybridized carbons (Fsp3) is 0.364. The van der Waals surface area contributed by atoms with Crippen LogP contribution in [0.25, 0.3) is 0 Å². The van der Waals surface area contributed by atoms with Crippen molar-refractivity contribution in [3.63, 3.8) is 0 Å². The van der Waals surface area contributed by atoms with E-state index in [0.29, 0.717) is 36.6 Å². The van der Waals surface area contributed by atoms with E-state index in [1.807, 2.05) is 36.4 Å². The Kier molecular flexibility index (Phi) is 10.2. The number of carbonyl (C=O) groups excluding carboxylic acids is 2. The topological polar surface area (TPSA) is 88.7 Å². The van der Waals surface area contributed by atoms with Crippen molar-refractivity contribution in [2.45, 2.75) is 32.2 Å². The average molecular weight is 478 g/mol. The monoisotopic (exact) mass is 477 g/mol. The highest BCUT2D eigenvalue weighted by molar-refractivity contribution is 9.10. The van der Waals surface area contributed by atoms with Gasteiger partial charge in [0, 0.05) is 24.0 Å². The number of ether oxygens (including phenoxy) is 2. The lowest BCUT2D eigenvalue weighted by molar-refractivity contribution is -0.122. The molecule has 0 aliphatic rings. The number of halogens is 1. The quantitative estimate of drug-likeness (QED) is 0.321. The van der Waals surface area contributed by atoms with Gasteiger partial charge in [-0.15, -0.1) is 0 Å². The minimum Gasteiger partial charge on any atom is -0.493 e. The Morgan fingerprint density at radius 3 is 2.47 bits per heavy atom. The Balaban J connectivity index is 1.56. The summed E-state index contributed by atoms with van der Waals surface area (Å²) >= 11 is 3.37. The van der Waals surface area contributed by atoms with Gasteiger partial charge < -0.3 is 14.8 Å². The van der Waals surface area contributed by atoms with Crippen LogP contribution < -0.4 is 25.6 Å². The summed E-state index contributed by atoms with van der Waals surface area (Å²) in [4.78, 5) is 24.0. The van der Waals surface area contributed by atoms with Crippen molar-refractivity contribution in [2.75, 3.05) is 20.8 Å². The van der Waals surface area contributed by atoms with E-state index in [1.165, 1.54) is 0 Å². The van der Waals surface area contributed by atoms with Crippen LogP contribution in [0.4, 0.5) is 0 Å². The van der Waals surface area contributed by atoms with E-state index in [4.69, 9.17) is 9.47 Å². The molecule has 162 valence electrons. The number of amides is 2. The van der Waals surface area contributed by atoms with Gasteiger partial charge in [-0.25, -0.2) is 5.43 Å². The molecule has 0 radical (unpaired) electrons. The molecule has 0 aromatic heterocycles. The van der Waals surface area contributed by atoms with E-state index in [-0.39, 0.29) is 11.8 Å². The van der Waals surface area contributed by atoms with Crippen molar-refractivity contribution in [3.8, 4) is 11.5 Å². The van der Waals surface area contributed by atoms with Crippen molar-refractivity contribution < 1.29 is 19.1 Å². The molecule has 8 heteroatoms. The van der Waals surface area contributed by atoms with E-state index in [9.17, 15) is 9.59 Å². The minimum atomic E-state index is -0.0976. The molecule has 0 heterocycles. The Morgan fingerprint density at radius 2 is 1.73 bits per heavy atom. The highest BCUT2D eigenvalue weighted by atomic mass is 79.9. The summed E-state index contributed by atoms with van der Waals surface area (Å²) in [6.45, 7) is 1.06. The van der Waals surface area contributed by atoms with Gasteiger partial charge in [0.25, 0.3) is 5.91 Å². The van der Waals surface area contributed by atoms with Gasteiger partial charge in [-0.2, -0.15) is 0 Å². The zero-order valence-corrected chi connectivity index (χ0v) is 18.9. The molecule has 0 saturated heterocycles. The number of rotatable bonds is 12. The molecule has 0 atom stereocenters. The van der Waals surface area contributed by atoms with Gasteiger partial charge in [0.15, 0.2) is 11.5 Å². The number of hydrogen-bond acceptors (Lipinski definition) is 5. The molecule has 2 aromatic rings. The maximum Gasteiger partial charge on any atom is 0.252 e. The van der Waals surface area contributed by atoms with Gasteiger partial charge in [0.05, 0.1) is 19.8 Å². The first-order chi connectivity index (χ1) is 14.5. The molecule has 3 N–H and O–H groups in total. The van der Waals surface area contributed by atoms with E-state index in [1.54, 1.807) is 20.3 Å². The number of hydrazine groups is 1. The van der Waals surface area contributed by atoms with Gasteiger partial charge in [-0.1, -0.05) is 24.6 Å². The molecule has 0 fully saturated rings. The van der Waals surface area contributed by atoms with Crippen LogP contribution in [0.2, 0.25) is 0 Å². The van der Waals surface area contributed by atoms with Crippen molar-refractivity contribution in [1.82, 2.24) is 16.2 Å². The summed E-state index contributed by atoms with van der Waals surface area (Å²) in [6.07, 6.45) is 2.87. The van der Waals surface area contributed by atoms with Crippen LogP contribution in [0.1, 0.15) is 41.6 Å². The number of benzene rings is 2. The Bertz CT molecular complexity index is 845. The fourth-order valence-corrected chi connectivity index (χ4v) is 3.29. The maximum atomic E-state index is 12.1. The number of carbonyl (C=O) groups is 2. The SMILES string of the molecule is COc1ccc(CNNC(=O)CCCCCNC(=O)c2ccccc2Br)cc1OC. The number of unbranched alkanes of at least 4 members (excludes halogenated alkanes) is 2. The zero-order valence-electron chi connectivity index (χ0n) is 17.3. The van der Waals surface area contributed by atoms with Crippen molar-refractivity contribution in [3.05, 3.63) is 58.1 Å². The first-order valence-electron chi connectivity index (χ1n) is 9.80. The summed E-state index contributed by atoms with van der Waals surface area (Å²) < 4.78 is 11.3. The highest BCUT2D eigenvalue weighted by Gasteiger charge is 2.08. The van der Waals surface area contributed by atoms with Crippen LogP contribution in [-0.4, -0.2) is 32.6 Å². The third-order valence-electron chi connectivity index (χ3n) is 4.45. The third kappa shape index (κ3) is 7.68. The molecule has 30 heavy (non-hydrogen) atoms. The van der Waals surface area contributed by atoms with E-state index in [0.717, 1.165) is 29.3 Å². The molecule has 0 saturated carbocycles.